The van der Waals surface area contributed by atoms with Crippen LogP contribution in [0.4, 0.5) is 10.1 Å². The molecule has 116 valence electrons. The lowest BCUT2D eigenvalue weighted by Crippen LogP contribution is -2.12. The maximum Gasteiger partial charge on any atom is 0.276 e. The zero-order valence-electron chi connectivity index (χ0n) is 12.3. The predicted octanol–water partition coefficient (Wildman–Crippen LogP) is 4.13. The van der Waals surface area contributed by atoms with Gasteiger partial charge in [-0.25, -0.2) is 4.39 Å². The maximum absolute atomic E-state index is 13.4. The van der Waals surface area contributed by atoms with Gasteiger partial charge >= 0.3 is 0 Å². The van der Waals surface area contributed by atoms with Crippen molar-refractivity contribution in [2.45, 2.75) is 0 Å². The van der Waals surface area contributed by atoms with Gasteiger partial charge in [0.05, 0.1) is 5.69 Å². The van der Waals surface area contributed by atoms with Crippen LogP contribution in [-0.4, -0.2) is 15.7 Å². The number of halogens is 2. The highest BCUT2D eigenvalue weighted by Crippen LogP contribution is 2.21. The van der Waals surface area contributed by atoms with E-state index in [9.17, 15) is 9.18 Å². The van der Waals surface area contributed by atoms with E-state index in [1.807, 2.05) is 0 Å². The van der Waals surface area contributed by atoms with Crippen molar-refractivity contribution in [2.24, 2.45) is 7.05 Å². The number of aryl methyl sites for hydroxylation is 1. The lowest BCUT2D eigenvalue weighted by molar-refractivity contribution is 0.102. The lowest BCUT2D eigenvalue weighted by Gasteiger charge is -2.02. The first-order valence-electron chi connectivity index (χ1n) is 6.90. The monoisotopic (exact) mass is 329 g/mol. The molecule has 3 aromatic rings. The van der Waals surface area contributed by atoms with Gasteiger partial charge in [-0.15, -0.1) is 0 Å². The highest BCUT2D eigenvalue weighted by Gasteiger charge is 2.14. The summed E-state index contributed by atoms with van der Waals surface area (Å²) in [7, 11) is 1.70. The molecule has 1 N–H and O–H groups in total. The summed E-state index contributed by atoms with van der Waals surface area (Å²) < 4.78 is 14.9. The van der Waals surface area contributed by atoms with Gasteiger partial charge in [0.25, 0.3) is 5.91 Å². The molecule has 3 rings (SSSR count). The molecule has 0 aliphatic rings. The summed E-state index contributed by atoms with van der Waals surface area (Å²) in [4.78, 5) is 12.3. The normalized spacial score (nSPS) is 10.6. The van der Waals surface area contributed by atoms with E-state index >= 15 is 0 Å². The van der Waals surface area contributed by atoms with Crippen LogP contribution in [0.25, 0.3) is 11.3 Å². The van der Waals surface area contributed by atoms with E-state index in [4.69, 9.17) is 11.6 Å². The number of carbonyl (C=O) groups is 1. The molecule has 0 aliphatic heterocycles. The first-order valence-corrected chi connectivity index (χ1v) is 7.27. The van der Waals surface area contributed by atoms with Crippen molar-refractivity contribution in [3.05, 3.63) is 71.1 Å². The summed E-state index contributed by atoms with van der Waals surface area (Å²) in [5.41, 5.74) is 2.13. The predicted molar refractivity (Wildman–Crippen MR) is 88.0 cm³/mol. The Balaban J connectivity index is 1.87. The van der Waals surface area contributed by atoms with Gasteiger partial charge in [0.2, 0.25) is 0 Å². The summed E-state index contributed by atoms with van der Waals surface area (Å²) in [5, 5.41) is 7.45. The summed E-state index contributed by atoms with van der Waals surface area (Å²) in [6.07, 6.45) is 0. The van der Waals surface area contributed by atoms with Gasteiger partial charge in [-0.1, -0.05) is 29.8 Å². The van der Waals surface area contributed by atoms with Crippen molar-refractivity contribution in [3.63, 3.8) is 0 Å². The molecule has 0 atom stereocenters. The maximum atomic E-state index is 13.4. The molecule has 0 saturated heterocycles. The Kier molecular flexibility index (Phi) is 4.12. The van der Waals surface area contributed by atoms with E-state index in [1.165, 1.54) is 12.1 Å². The molecule has 0 fully saturated rings. The average molecular weight is 330 g/mol. The SMILES string of the molecule is Cn1nc(C(=O)Nc2cccc(Cl)c2)cc1-c1cccc(F)c1. The molecule has 1 heterocycles. The smallest absolute Gasteiger partial charge is 0.276 e. The second kappa shape index (κ2) is 6.22. The van der Waals surface area contributed by atoms with Gasteiger partial charge in [0.1, 0.15) is 5.82 Å². The Bertz CT molecular complexity index is 876. The molecule has 0 unspecified atom stereocenters. The fourth-order valence-electron chi connectivity index (χ4n) is 2.26. The zero-order valence-corrected chi connectivity index (χ0v) is 13.0. The number of anilines is 1. The number of nitrogens with one attached hydrogen (secondary N) is 1. The van der Waals surface area contributed by atoms with Crippen LogP contribution in [0.2, 0.25) is 5.02 Å². The first kappa shape index (κ1) is 15.2. The van der Waals surface area contributed by atoms with Crippen LogP contribution >= 0.6 is 11.6 Å². The fraction of sp³-hybridized carbons (Fsp3) is 0.0588. The first-order chi connectivity index (χ1) is 11.0. The van der Waals surface area contributed by atoms with Crippen LogP contribution in [0.5, 0.6) is 0 Å². The molecule has 4 nitrogen and oxygen atoms in total. The summed E-state index contributed by atoms with van der Waals surface area (Å²) in [5.74, 6) is -0.695. The minimum atomic E-state index is -0.356. The number of hydrogen-bond acceptors (Lipinski definition) is 2. The lowest BCUT2D eigenvalue weighted by atomic mass is 10.1. The summed E-state index contributed by atoms with van der Waals surface area (Å²) in [6, 6.07) is 14.6. The molecule has 0 radical (unpaired) electrons. The van der Waals surface area contributed by atoms with Crippen LogP contribution in [0.3, 0.4) is 0 Å². The Morgan fingerprint density at radius 1 is 1.17 bits per heavy atom. The third kappa shape index (κ3) is 3.40. The van der Waals surface area contributed by atoms with E-state index in [0.717, 1.165) is 0 Å². The van der Waals surface area contributed by atoms with Crippen LogP contribution in [0.1, 0.15) is 10.5 Å². The zero-order chi connectivity index (χ0) is 16.4. The van der Waals surface area contributed by atoms with Crippen LogP contribution < -0.4 is 5.32 Å². The fourth-order valence-corrected chi connectivity index (χ4v) is 2.45. The summed E-state index contributed by atoms with van der Waals surface area (Å²) in [6.45, 7) is 0. The van der Waals surface area contributed by atoms with Crippen LogP contribution in [-0.2, 0) is 7.05 Å². The largest absolute Gasteiger partial charge is 0.321 e. The van der Waals surface area contributed by atoms with Crippen molar-refractivity contribution in [2.75, 3.05) is 5.32 Å². The number of benzene rings is 2. The quantitative estimate of drug-likeness (QED) is 0.785. The highest BCUT2D eigenvalue weighted by atomic mass is 35.5. The van der Waals surface area contributed by atoms with Crippen LogP contribution in [0.15, 0.2) is 54.6 Å². The third-order valence-electron chi connectivity index (χ3n) is 3.32. The van der Waals surface area contributed by atoms with Gasteiger partial charge in [0.15, 0.2) is 5.69 Å². The van der Waals surface area contributed by atoms with E-state index in [0.29, 0.717) is 22.0 Å². The number of rotatable bonds is 3. The van der Waals surface area contributed by atoms with Crippen molar-refractivity contribution < 1.29 is 9.18 Å². The number of aromatic nitrogens is 2. The van der Waals surface area contributed by atoms with Crippen molar-refractivity contribution in [1.29, 1.82) is 0 Å². The molecule has 0 saturated carbocycles. The minimum Gasteiger partial charge on any atom is -0.321 e. The van der Waals surface area contributed by atoms with Gasteiger partial charge in [-0.2, -0.15) is 5.10 Å². The van der Waals surface area contributed by atoms with Gasteiger partial charge in [-0.3, -0.25) is 9.48 Å². The Labute approximate surface area is 137 Å². The van der Waals surface area contributed by atoms with Gasteiger partial charge in [0, 0.05) is 23.3 Å². The van der Waals surface area contributed by atoms with E-state index in [1.54, 1.807) is 54.2 Å². The van der Waals surface area contributed by atoms with Crippen molar-refractivity contribution >= 4 is 23.2 Å². The highest BCUT2D eigenvalue weighted by molar-refractivity contribution is 6.30. The summed E-state index contributed by atoms with van der Waals surface area (Å²) >= 11 is 5.89. The molecule has 0 aliphatic carbocycles. The number of carbonyl (C=O) groups excluding carboxylic acids is 1. The van der Waals surface area contributed by atoms with Crippen molar-refractivity contribution in [3.8, 4) is 11.3 Å². The topological polar surface area (TPSA) is 46.9 Å². The molecule has 2 aromatic carbocycles. The molecule has 1 aromatic heterocycles. The average Bonchev–Trinajstić information content (AvgIpc) is 2.89. The Morgan fingerprint density at radius 2 is 1.96 bits per heavy atom. The molecular weight excluding hydrogens is 317 g/mol. The number of nitrogens with zero attached hydrogens (tertiary/aromatic N) is 2. The number of hydrogen-bond donors (Lipinski definition) is 1. The molecule has 1 amide bonds. The molecule has 23 heavy (non-hydrogen) atoms. The standard InChI is InChI=1S/C17H13ClFN3O/c1-22-16(11-4-2-6-13(19)8-11)10-15(21-22)17(23)20-14-7-3-5-12(18)9-14/h2-10H,1H3,(H,20,23). The van der Waals surface area contributed by atoms with E-state index in [2.05, 4.69) is 10.4 Å². The second-order valence-electron chi connectivity index (χ2n) is 5.01. The molecule has 0 spiro atoms. The second-order valence-corrected chi connectivity index (χ2v) is 5.45. The molecule has 6 heteroatoms. The Hall–Kier alpha value is -2.66. The van der Waals surface area contributed by atoms with Crippen LogP contribution in [0, 0.1) is 5.82 Å². The number of amides is 1. The molecule has 0 bridgehead atoms. The van der Waals surface area contributed by atoms with E-state index in [-0.39, 0.29) is 17.4 Å². The minimum absolute atomic E-state index is 0.242. The Morgan fingerprint density at radius 3 is 2.70 bits per heavy atom. The van der Waals surface area contributed by atoms with Gasteiger partial charge in [-0.05, 0) is 36.4 Å². The van der Waals surface area contributed by atoms with Gasteiger partial charge < -0.3 is 5.32 Å². The molecular formula is C17H13ClFN3O. The van der Waals surface area contributed by atoms with Crippen molar-refractivity contribution in [1.82, 2.24) is 9.78 Å². The van der Waals surface area contributed by atoms with E-state index < -0.39 is 0 Å². The third-order valence-corrected chi connectivity index (χ3v) is 3.55.